The molecular weight excluding hydrogens is 652 g/mol. The number of benzene rings is 1. The van der Waals surface area contributed by atoms with Crippen molar-refractivity contribution in [1.29, 1.82) is 5.26 Å². The summed E-state index contributed by atoms with van der Waals surface area (Å²) in [7, 11) is -11.0. The van der Waals surface area contributed by atoms with E-state index in [1.54, 1.807) is 6.19 Å². The number of aliphatic hydroxyl groups is 1. The lowest BCUT2D eigenvalue weighted by Gasteiger charge is -2.41. The molecule has 1 aromatic heterocycles. The molecule has 2 heterocycles. The van der Waals surface area contributed by atoms with Crippen LogP contribution in [0.3, 0.4) is 0 Å². The van der Waals surface area contributed by atoms with Crippen molar-refractivity contribution in [3.8, 4) is 6.19 Å². The first-order valence-corrected chi connectivity index (χ1v) is 15.1. The Balaban J connectivity index is 1.91. The maximum absolute atomic E-state index is 14.8. The first-order chi connectivity index (χ1) is 20.4. The molecule has 2 fully saturated rings. The average Bonchev–Trinajstić information content (AvgIpc) is 3.20. The van der Waals surface area contributed by atoms with Crippen LogP contribution >= 0.6 is 10.2 Å². The van der Waals surface area contributed by atoms with E-state index in [-0.39, 0.29) is 29.9 Å². The smallest absolute Gasteiger partial charge is 0.315 e. The number of halogens is 10. The van der Waals surface area contributed by atoms with Crippen molar-refractivity contribution in [3.05, 3.63) is 53.6 Å². The van der Waals surface area contributed by atoms with Gasteiger partial charge in [-0.25, -0.2) is 22.0 Å². The fourth-order valence-electron chi connectivity index (χ4n) is 5.47. The fraction of sp³-hybridized carbons (Fsp3) is 0.462. The number of aromatic nitrogens is 1. The summed E-state index contributed by atoms with van der Waals surface area (Å²) < 4.78 is 139. The van der Waals surface area contributed by atoms with E-state index < -0.39 is 111 Å². The largest absolute Gasteiger partial charge is 0.388 e. The molecule has 2 N–H and O–H groups in total. The molecule has 2 aromatic rings. The van der Waals surface area contributed by atoms with Crippen LogP contribution in [0, 0.1) is 28.9 Å². The van der Waals surface area contributed by atoms with E-state index in [1.165, 1.54) is 6.92 Å². The number of β-amino-alcohol motifs (C(OH)–C–C–N with tert-alkyl or cyclic N) is 1. The summed E-state index contributed by atoms with van der Waals surface area (Å²) in [5, 5.41) is 22.4. The van der Waals surface area contributed by atoms with Crippen LogP contribution in [0.5, 0.6) is 0 Å². The summed E-state index contributed by atoms with van der Waals surface area (Å²) in [5.74, 6) is -12.6. The average molecular weight is 678 g/mol. The third-order valence-corrected chi connectivity index (χ3v) is 8.59. The lowest BCUT2D eigenvalue weighted by atomic mass is 9.91. The highest BCUT2D eigenvalue weighted by atomic mass is 32.5. The highest BCUT2D eigenvalue weighted by Gasteiger charge is 2.69. The van der Waals surface area contributed by atoms with Crippen LogP contribution in [0.4, 0.5) is 47.1 Å². The SMILES string of the molecule is CC1(O)CC(C(=O)N(c2cc(F)c(S(F)(F)(F)(F)F)c(F)c2)C(C(=O)NC2CCC(F)(F)CC2)c2cncc(F)c2)N(C#N)C1. The minimum Gasteiger partial charge on any atom is -0.388 e. The van der Waals surface area contributed by atoms with Gasteiger partial charge in [0.15, 0.2) is 22.7 Å². The molecule has 45 heavy (non-hydrogen) atoms. The number of hydrogen-bond donors (Lipinski definition) is 2. The van der Waals surface area contributed by atoms with E-state index in [4.69, 9.17) is 0 Å². The van der Waals surface area contributed by atoms with Crippen molar-refractivity contribution in [3.63, 3.8) is 0 Å². The second kappa shape index (κ2) is 10.6. The van der Waals surface area contributed by atoms with Gasteiger partial charge in [-0.1, -0.05) is 19.4 Å². The van der Waals surface area contributed by atoms with Gasteiger partial charge < -0.3 is 10.4 Å². The van der Waals surface area contributed by atoms with E-state index in [9.17, 15) is 61.3 Å². The highest BCUT2D eigenvalue weighted by Crippen LogP contribution is 3.02. The quantitative estimate of drug-likeness (QED) is 0.266. The topological polar surface area (TPSA) is 110 Å². The van der Waals surface area contributed by atoms with Crippen molar-refractivity contribution >= 4 is 27.7 Å². The van der Waals surface area contributed by atoms with Gasteiger partial charge in [0, 0.05) is 37.1 Å². The predicted molar refractivity (Wildman–Crippen MR) is 139 cm³/mol. The zero-order valence-electron chi connectivity index (χ0n) is 23.1. The normalized spacial score (nSPS) is 24.2. The van der Waals surface area contributed by atoms with Crippen molar-refractivity contribution in [2.24, 2.45) is 0 Å². The van der Waals surface area contributed by atoms with Crippen LogP contribution in [0.25, 0.3) is 0 Å². The van der Waals surface area contributed by atoms with E-state index >= 15 is 0 Å². The molecule has 0 radical (unpaired) electrons. The Morgan fingerprint density at radius 1 is 1.09 bits per heavy atom. The zero-order chi connectivity index (χ0) is 33.8. The minimum absolute atomic E-state index is 0.168. The first-order valence-electron chi connectivity index (χ1n) is 13.1. The summed E-state index contributed by atoms with van der Waals surface area (Å²) in [6, 6.07) is -4.88. The van der Waals surface area contributed by atoms with Gasteiger partial charge in [0.25, 0.3) is 5.91 Å². The summed E-state index contributed by atoms with van der Waals surface area (Å²) >= 11 is 0. The molecule has 8 nitrogen and oxygen atoms in total. The van der Waals surface area contributed by atoms with Gasteiger partial charge >= 0.3 is 10.2 Å². The standard InChI is InChI=1S/C26H25F10N5O3S/c1-25(44)9-20(40(12-25)13-37)24(43)41(17-7-18(28)22(19(29)8-17)45(32,33,34,35)36)21(14-6-15(27)11-38-10-14)23(42)39-16-2-4-26(30,31)5-3-16/h6-8,10-11,16,20-21,44H,2-5,9,12H2,1H3,(H,39,42). The zero-order valence-corrected chi connectivity index (χ0v) is 23.9. The molecule has 4 rings (SSSR count). The third-order valence-electron chi connectivity index (χ3n) is 7.43. The molecule has 3 atom stereocenters. The van der Waals surface area contributed by atoms with Gasteiger partial charge in [-0.05, 0) is 38.0 Å². The second-order valence-corrected chi connectivity index (χ2v) is 13.7. The van der Waals surface area contributed by atoms with E-state index in [0.717, 1.165) is 6.20 Å². The molecule has 2 aliphatic rings. The Morgan fingerprint density at radius 2 is 1.67 bits per heavy atom. The van der Waals surface area contributed by atoms with Crippen LogP contribution in [0.15, 0.2) is 35.5 Å². The van der Waals surface area contributed by atoms with Gasteiger partial charge in [-0.2, -0.15) is 5.26 Å². The number of nitrogens with zero attached hydrogens (tertiary/aromatic N) is 4. The predicted octanol–water partition coefficient (Wildman–Crippen LogP) is 6.23. The Bertz CT molecular complexity index is 1540. The molecule has 1 aliphatic carbocycles. The van der Waals surface area contributed by atoms with Crippen molar-refractivity contribution in [1.82, 2.24) is 15.2 Å². The van der Waals surface area contributed by atoms with Crippen LogP contribution < -0.4 is 10.2 Å². The minimum atomic E-state index is -11.0. The Hall–Kier alpha value is -3.79. The summed E-state index contributed by atoms with van der Waals surface area (Å²) in [6.07, 6.45) is 0.626. The molecule has 0 bridgehead atoms. The number of hydrogen-bond acceptors (Lipinski definition) is 6. The Labute approximate surface area is 249 Å². The fourth-order valence-corrected chi connectivity index (χ4v) is 6.33. The van der Waals surface area contributed by atoms with E-state index in [2.05, 4.69) is 10.3 Å². The molecule has 0 spiro atoms. The van der Waals surface area contributed by atoms with Crippen molar-refractivity contribution in [2.45, 2.75) is 73.6 Å². The first kappa shape index (κ1) is 34.1. The number of carbonyl (C=O) groups excluding carboxylic acids is 2. The number of pyridine rings is 1. The van der Waals surface area contributed by atoms with E-state index in [0.29, 0.717) is 17.2 Å². The van der Waals surface area contributed by atoms with Gasteiger partial charge in [-0.3, -0.25) is 24.4 Å². The number of amides is 2. The van der Waals surface area contributed by atoms with Crippen LogP contribution in [0.1, 0.15) is 50.6 Å². The molecular formula is C26H25F10N5O3S. The second-order valence-electron chi connectivity index (χ2n) is 11.3. The highest BCUT2D eigenvalue weighted by molar-refractivity contribution is 8.45. The Morgan fingerprint density at radius 3 is 2.18 bits per heavy atom. The number of nitriles is 1. The summed E-state index contributed by atoms with van der Waals surface area (Å²) in [6.45, 7) is 0.728. The third kappa shape index (κ3) is 7.54. The van der Waals surface area contributed by atoms with Gasteiger partial charge in [0.1, 0.15) is 17.9 Å². The monoisotopic (exact) mass is 677 g/mol. The number of alkyl halides is 2. The maximum atomic E-state index is 14.8. The molecule has 248 valence electrons. The molecule has 1 aliphatic heterocycles. The number of nitrogens with one attached hydrogen (secondary N) is 1. The Kier molecular flexibility index (Phi) is 8.06. The number of anilines is 1. The molecule has 2 amide bonds. The molecule has 1 aromatic carbocycles. The molecule has 1 saturated carbocycles. The van der Waals surface area contributed by atoms with Crippen LogP contribution in [0.2, 0.25) is 0 Å². The van der Waals surface area contributed by atoms with Gasteiger partial charge in [0.05, 0.1) is 24.0 Å². The summed E-state index contributed by atoms with van der Waals surface area (Å²) in [4.78, 5) is 28.7. The van der Waals surface area contributed by atoms with Crippen molar-refractivity contribution < 1.29 is 56.1 Å². The van der Waals surface area contributed by atoms with Crippen LogP contribution in [-0.4, -0.2) is 57.0 Å². The van der Waals surface area contributed by atoms with Gasteiger partial charge in [0.2, 0.25) is 11.8 Å². The van der Waals surface area contributed by atoms with Crippen molar-refractivity contribution in [2.75, 3.05) is 11.4 Å². The van der Waals surface area contributed by atoms with Crippen LogP contribution in [-0.2, 0) is 9.59 Å². The number of rotatable bonds is 7. The molecule has 19 heteroatoms. The number of likely N-dealkylation sites (tertiary alicyclic amines) is 1. The summed E-state index contributed by atoms with van der Waals surface area (Å²) in [5.41, 5.74) is -3.51. The van der Waals surface area contributed by atoms with E-state index in [1.807, 2.05) is 0 Å². The molecule has 3 unspecified atom stereocenters. The number of carbonyl (C=O) groups is 2. The lowest BCUT2D eigenvalue weighted by molar-refractivity contribution is -0.129. The molecule has 1 saturated heterocycles. The lowest BCUT2D eigenvalue weighted by Crippen LogP contribution is -2.52. The van der Waals surface area contributed by atoms with Gasteiger partial charge in [-0.15, -0.1) is 0 Å². The maximum Gasteiger partial charge on any atom is 0.315 e.